The summed E-state index contributed by atoms with van der Waals surface area (Å²) in [6, 6.07) is 8.60. The Morgan fingerprint density at radius 2 is 2.00 bits per heavy atom. The molecule has 0 bridgehead atoms. The van der Waals surface area contributed by atoms with Crippen molar-refractivity contribution in [3.05, 3.63) is 59.7 Å². The van der Waals surface area contributed by atoms with Crippen LogP contribution in [-0.2, 0) is 11.2 Å². The molecule has 1 saturated carbocycles. The average molecular weight is 309 g/mol. The number of nitrogens with one attached hydrogen (secondary N) is 2. The molecule has 1 fully saturated rings. The molecule has 23 heavy (non-hydrogen) atoms. The van der Waals surface area contributed by atoms with Crippen LogP contribution in [0, 0.1) is 0 Å². The third-order valence-corrected chi connectivity index (χ3v) is 4.31. The van der Waals surface area contributed by atoms with Gasteiger partial charge in [-0.25, -0.2) is 4.98 Å². The van der Waals surface area contributed by atoms with Crippen LogP contribution in [0.1, 0.15) is 48.9 Å². The zero-order chi connectivity index (χ0) is 15.9. The summed E-state index contributed by atoms with van der Waals surface area (Å²) in [6.07, 6.45) is 13.9. The van der Waals surface area contributed by atoms with Crippen molar-refractivity contribution in [3.8, 4) is 0 Å². The number of aromatic nitrogens is 2. The van der Waals surface area contributed by atoms with Crippen molar-refractivity contribution in [1.82, 2.24) is 15.3 Å². The highest BCUT2D eigenvalue weighted by molar-refractivity contribution is 5.91. The van der Waals surface area contributed by atoms with Crippen molar-refractivity contribution >= 4 is 12.0 Å². The first-order valence-electron chi connectivity index (χ1n) is 8.34. The molecular formula is C19H23N3O. The lowest BCUT2D eigenvalue weighted by Gasteiger charge is -2.21. The molecule has 0 aliphatic heterocycles. The fourth-order valence-corrected chi connectivity index (χ4v) is 3.02. The minimum absolute atomic E-state index is 0.0124. The van der Waals surface area contributed by atoms with E-state index in [1.54, 1.807) is 12.4 Å². The number of rotatable bonds is 5. The standard InChI is InChI=1S/C19H23N3O/c23-19(22-17-4-2-1-3-5-17)11-10-15-6-8-16(9-7-15)12-18-13-20-14-21-18/h6-11,13-14,17H,1-5,12H2,(H,20,21)(H,22,23)/b11-10+. The number of hydrogen-bond acceptors (Lipinski definition) is 2. The molecule has 0 atom stereocenters. The average Bonchev–Trinajstić information content (AvgIpc) is 3.08. The molecule has 2 aromatic rings. The topological polar surface area (TPSA) is 57.8 Å². The van der Waals surface area contributed by atoms with Crippen LogP contribution in [0.2, 0.25) is 0 Å². The van der Waals surface area contributed by atoms with E-state index in [0.717, 1.165) is 30.5 Å². The maximum absolute atomic E-state index is 12.0. The predicted molar refractivity (Wildman–Crippen MR) is 91.9 cm³/mol. The van der Waals surface area contributed by atoms with Crippen molar-refractivity contribution < 1.29 is 4.79 Å². The molecule has 120 valence electrons. The molecule has 1 amide bonds. The van der Waals surface area contributed by atoms with Gasteiger partial charge in [-0.15, -0.1) is 0 Å². The summed E-state index contributed by atoms with van der Waals surface area (Å²) in [7, 11) is 0. The van der Waals surface area contributed by atoms with Crippen molar-refractivity contribution in [1.29, 1.82) is 0 Å². The van der Waals surface area contributed by atoms with Gasteiger partial charge in [0.05, 0.1) is 6.33 Å². The van der Waals surface area contributed by atoms with Gasteiger partial charge in [-0.3, -0.25) is 4.79 Å². The molecule has 0 unspecified atom stereocenters. The summed E-state index contributed by atoms with van der Waals surface area (Å²) >= 11 is 0. The SMILES string of the molecule is O=C(/C=C/c1ccc(Cc2cnc[nH]2)cc1)NC1CCCCC1. The van der Waals surface area contributed by atoms with Crippen LogP contribution in [0.5, 0.6) is 0 Å². The monoisotopic (exact) mass is 309 g/mol. The normalized spacial score (nSPS) is 15.8. The molecule has 4 heteroatoms. The predicted octanol–water partition coefficient (Wildman–Crippen LogP) is 3.46. The summed E-state index contributed by atoms with van der Waals surface area (Å²) < 4.78 is 0. The van der Waals surface area contributed by atoms with E-state index in [4.69, 9.17) is 0 Å². The lowest BCUT2D eigenvalue weighted by atomic mass is 9.95. The highest BCUT2D eigenvalue weighted by Crippen LogP contribution is 2.17. The van der Waals surface area contributed by atoms with Gasteiger partial charge in [0, 0.05) is 30.4 Å². The molecule has 1 aliphatic carbocycles. The third kappa shape index (κ3) is 4.81. The summed E-state index contributed by atoms with van der Waals surface area (Å²) in [4.78, 5) is 19.1. The molecule has 1 heterocycles. The molecule has 0 saturated heterocycles. The fourth-order valence-electron chi connectivity index (χ4n) is 3.02. The smallest absolute Gasteiger partial charge is 0.244 e. The van der Waals surface area contributed by atoms with E-state index in [1.807, 2.05) is 24.4 Å². The third-order valence-electron chi connectivity index (χ3n) is 4.31. The van der Waals surface area contributed by atoms with E-state index in [2.05, 4.69) is 27.4 Å². The van der Waals surface area contributed by atoms with Crippen LogP contribution in [0.15, 0.2) is 42.9 Å². The van der Waals surface area contributed by atoms with E-state index in [0.29, 0.717) is 6.04 Å². The number of carbonyl (C=O) groups is 1. The summed E-state index contributed by atoms with van der Waals surface area (Å²) in [5.41, 5.74) is 3.36. The molecule has 4 nitrogen and oxygen atoms in total. The first-order valence-corrected chi connectivity index (χ1v) is 8.34. The second-order valence-corrected chi connectivity index (χ2v) is 6.17. The van der Waals surface area contributed by atoms with Crippen molar-refractivity contribution in [2.45, 2.75) is 44.6 Å². The number of benzene rings is 1. The molecule has 1 aromatic carbocycles. The van der Waals surface area contributed by atoms with Gasteiger partial charge in [0.2, 0.25) is 5.91 Å². The zero-order valence-corrected chi connectivity index (χ0v) is 13.3. The van der Waals surface area contributed by atoms with Crippen molar-refractivity contribution in [2.24, 2.45) is 0 Å². The Morgan fingerprint density at radius 1 is 1.22 bits per heavy atom. The Bertz CT molecular complexity index is 638. The number of hydrogen-bond donors (Lipinski definition) is 2. The number of nitrogens with zero attached hydrogens (tertiary/aromatic N) is 1. The minimum Gasteiger partial charge on any atom is -0.350 e. The molecule has 2 N–H and O–H groups in total. The van der Waals surface area contributed by atoms with Gasteiger partial charge in [-0.2, -0.15) is 0 Å². The minimum atomic E-state index is 0.0124. The van der Waals surface area contributed by atoms with Gasteiger partial charge in [-0.1, -0.05) is 43.5 Å². The molecule has 0 spiro atoms. The largest absolute Gasteiger partial charge is 0.350 e. The number of aromatic amines is 1. The number of carbonyl (C=O) groups excluding carboxylic acids is 1. The Morgan fingerprint density at radius 3 is 2.70 bits per heavy atom. The van der Waals surface area contributed by atoms with Gasteiger partial charge >= 0.3 is 0 Å². The summed E-state index contributed by atoms with van der Waals surface area (Å²) in [5, 5.41) is 3.09. The first-order chi connectivity index (χ1) is 11.3. The Labute approximate surface area is 137 Å². The van der Waals surface area contributed by atoms with Gasteiger partial charge < -0.3 is 10.3 Å². The highest BCUT2D eigenvalue weighted by atomic mass is 16.1. The van der Waals surface area contributed by atoms with Gasteiger partial charge in [-0.05, 0) is 30.0 Å². The zero-order valence-electron chi connectivity index (χ0n) is 13.3. The van der Waals surface area contributed by atoms with Crippen LogP contribution in [0.25, 0.3) is 6.08 Å². The lowest BCUT2D eigenvalue weighted by molar-refractivity contribution is -0.117. The second kappa shape index (κ2) is 7.77. The molecule has 1 aliphatic rings. The molecule has 3 rings (SSSR count). The Hall–Kier alpha value is -2.36. The summed E-state index contributed by atoms with van der Waals surface area (Å²) in [5.74, 6) is 0.0124. The van der Waals surface area contributed by atoms with Crippen LogP contribution >= 0.6 is 0 Å². The van der Waals surface area contributed by atoms with Crippen molar-refractivity contribution in [3.63, 3.8) is 0 Å². The quantitative estimate of drug-likeness (QED) is 0.831. The van der Waals surface area contributed by atoms with Gasteiger partial charge in [0.15, 0.2) is 0 Å². The van der Waals surface area contributed by atoms with E-state index < -0.39 is 0 Å². The fraction of sp³-hybridized carbons (Fsp3) is 0.368. The van der Waals surface area contributed by atoms with Crippen LogP contribution in [-0.4, -0.2) is 21.9 Å². The van der Waals surface area contributed by atoms with Crippen LogP contribution in [0.4, 0.5) is 0 Å². The van der Waals surface area contributed by atoms with Crippen LogP contribution in [0.3, 0.4) is 0 Å². The molecule has 0 radical (unpaired) electrons. The second-order valence-electron chi connectivity index (χ2n) is 6.17. The number of H-pyrrole nitrogens is 1. The molecule has 1 aromatic heterocycles. The van der Waals surface area contributed by atoms with Crippen molar-refractivity contribution in [2.75, 3.05) is 0 Å². The van der Waals surface area contributed by atoms with E-state index in [1.165, 1.54) is 24.8 Å². The van der Waals surface area contributed by atoms with Gasteiger partial charge in [0.25, 0.3) is 0 Å². The number of amides is 1. The number of imidazole rings is 1. The first kappa shape index (κ1) is 15.5. The van der Waals surface area contributed by atoms with Gasteiger partial charge in [0.1, 0.15) is 0 Å². The summed E-state index contributed by atoms with van der Waals surface area (Å²) in [6.45, 7) is 0. The van der Waals surface area contributed by atoms with E-state index in [9.17, 15) is 4.79 Å². The van der Waals surface area contributed by atoms with E-state index in [-0.39, 0.29) is 5.91 Å². The lowest BCUT2D eigenvalue weighted by Crippen LogP contribution is -2.34. The Kier molecular flexibility index (Phi) is 5.25. The molecular weight excluding hydrogens is 286 g/mol. The van der Waals surface area contributed by atoms with E-state index >= 15 is 0 Å². The highest BCUT2D eigenvalue weighted by Gasteiger charge is 2.13. The Balaban J connectivity index is 1.51. The van der Waals surface area contributed by atoms with Crippen LogP contribution < -0.4 is 5.32 Å². The maximum atomic E-state index is 12.0. The maximum Gasteiger partial charge on any atom is 0.244 e.